The molecule has 1 aromatic carbocycles. The van der Waals surface area contributed by atoms with E-state index in [0.717, 1.165) is 26.2 Å². The summed E-state index contributed by atoms with van der Waals surface area (Å²) < 4.78 is 0. The summed E-state index contributed by atoms with van der Waals surface area (Å²) in [5, 5.41) is 3.27. The Balaban J connectivity index is 2.08. The number of carbonyl (C=O) groups excluding carboxylic acids is 1. The van der Waals surface area contributed by atoms with Crippen molar-refractivity contribution in [2.24, 2.45) is 0 Å². The first-order valence-corrected chi connectivity index (χ1v) is 6.63. The number of amides is 1. The Labute approximate surface area is 109 Å². The number of nitrogens with zero attached hydrogens (tertiary/aromatic N) is 1. The minimum atomic E-state index is 0.253. The first-order chi connectivity index (χ1) is 8.58. The van der Waals surface area contributed by atoms with Gasteiger partial charge in [0.05, 0.1) is 6.42 Å². The van der Waals surface area contributed by atoms with Gasteiger partial charge in [0.25, 0.3) is 0 Å². The highest BCUT2D eigenvalue weighted by molar-refractivity contribution is 5.79. The van der Waals surface area contributed by atoms with E-state index in [1.807, 2.05) is 4.90 Å². The highest BCUT2D eigenvalue weighted by Gasteiger charge is 2.17. The lowest BCUT2D eigenvalue weighted by atomic mass is 9.98. The van der Waals surface area contributed by atoms with Crippen LogP contribution in [-0.4, -0.2) is 37.0 Å². The van der Waals surface area contributed by atoms with Crippen molar-refractivity contribution in [1.29, 1.82) is 0 Å². The molecule has 1 amide bonds. The van der Waals surface area contributed by atoms with E-state index in [2.05, 4.69) is 38.2 Å². The summed E-state index contributed by atoms with van der Waals surface area (Å²) in [6.45, 7) is 9.81. The summed E-state index contributed by atoms with van der Waals surface area (Å²) in [6, 6.07) is 4.33. The quantitative estimate of drug-likeness (QED) is 0.859. The van der Waals surface area contributed by atoms with Gasteiger partial charge < -0.3 is 10.2 Å². The van der Waals surface area contributed by atoms with E-state index in [4.69, 9.17) is 0 Å². The zero-order chi connectivity index (χ0) is 13.1. The molecule has 3 heteroatoms. The zero-order valence-electron chi connectivity index (χ0n) is 11.5. The van der Waals surface area contributed by atoms with Gasteiger partial charge >= 0.3 is 0 Å². The molecule has 98 valence electrons. The van der Waals surface area contributed by atoms with Gasteiger partial charge in [-0.05, 0) is 43.0 Å². The molecule has 0 unspecified atom stereocenters. The second kappa shape index (κ2) is 5.53. The van der Waals surface area contributed by atoms with Gasteiger partial charge in [-0.2, -0.15) is 0 Å². The summed E-state index contributed by atoms with van der Waals surface area (Å²) in [5.41, 5.74) is 4.96. The standard InChI is InChI=1S/C15H22N2O/c1-11-8-13(3)14(9-12(11)2)10-15(18)17-6-4-16-5-7-17/h8-9,16H,4-7,10H2,1-3H3. The van der Waals surface area contributed by atoms with Crippen LogP contribution in [0.15, 0.2) is 12.1 Å². The minimum Gasteiger partial charge on any atom is -0.340 e. The van der Waals surface area contributed by atoms with Crippen LogP contribution in [0.25, 0.3) is 0 Å². The predicted octanol–water partition coefficient (Wildman–Crippen LogP) is 1.59. The number of hydrogen-bond acceptors (Lipinski definition) is 2. The van der Waals surface area contributed by atoms with Crippen LogP contribution in [0.3, 0.4) is 0 Å². The van der Waals surface area contributed by atoms with E-state index in [-0.39, 0.29) is 5.91 Å². The number of benzene rings is 1. The average Bonchev–Trinajstić information content (AvgIpc) is 2.37. The van der Waals surface area contributed by atoms with E-state index < -0.39 is 0 Å². The molecule has 1 heterocycles. The number of aryl methyl sites for hydroxylation is 3. The van der Waals surface area contributed by atoms with E-state index in [1.54, 1.807) is 0 Å². The molecule has 0 aromatic heterocycles. The summed E-state index contributed by atoms with van der Waals surface area (Å²) >= 11 is 0. The van der Waals surface area contributed by atoms with Crippen LogP contribution in [0.1, 0.15) is 22.3 Å². The van der Waals surface area contributed by atoms with Crippen molar-refractivity contribution in [3.05, 3.63) is 34.4 Å². The Hall–Kier alpha value is -1.35. The van der Waals surface area contributed by atoms with E-state index in [1.165, 1.54) is 22.3 Å². The monoisotopic (exact) mass is 246 g/mol. The summed E-state index contributed by atoms with van der Waals surface area (Å²) in [7, 11) is 0. The van der Waals surface area contributed by atoms with Gasteiger partial charge in [-0.1, -0.05) is 12.1 Å². The maximum atomic E-state index is 12.2. The van der Waals surface area contributed by atoms with E-state index in [9.17, 15) is 4.79 Å². The molecule has 0 spiro atoms. The minimum absolute atomic E-state index is 0.253. The molecule has 1 aliphatic rings. The maximum absolute atomic E-state index is 12.2. The lowest BCUT2D eigenvalue weighted by Gasteiger charge is -2.27. The fourth-order valence-corrected chi connectivity index (χ4v) is 2.40. The molecule has 1 aromatic rings. The Morgan fingerprint density at radius 2 is 1.72 bits per heavy atom. The van der Waals surface area contributed by atoms with Crippen LogP contribution in [0, 0.1) is 20.8 Å². The zero-order valence-corrected chi connectivity index (χ0v) is 11.5. The molecule has 0 atom stereocenters. The molecule has 1 N–H and O–H groups in total. The first-order valence-electron chi connectivity index (χ1n) is 6.63. The topological polar surface area (TPSA) is 32.3 Å². The highest BCUT2D eigenvalue weighted by Crippen LogP contribution is 2.16. The Bertz CT molecular complexity index is 448. The summed E-state index contributed by atoms with van der Waals surface area (Å²) in [4.78, 5) is 14.2. The Kier molecular flexibility index (Phi) is 4.02. The largest absolute Gasteiger partial charge is 0.340 e. The lowest BCUT2D eigenvalue weighted by molar-refractivity contribution is -0.131. The molecule has 1 saturated heterocycles. The van der Waals surface area contributed by atoms with Gasteiger partial charge in [-0.15, -0.1) is 0 Å². The maximum Gasteiger partial charge on any atom is 0.227 e. The molecule has 0 radical (unpaired) electrons. The van der Waals surface area contributed by atoms with Crippen molar-refractivity contribution in [2.75, 3.05) is 26.2 Å². The smallest absolute Gasteiger partial charge is 0.227 e. The molecule has 1 fully saturated rings. The SMILES string of the molecule is Cc1cc(C)c(CC(=O)N2CCNCC2)cc1C. The molecular weight excluding hydrogens is 224 g/mol. The Morgan fingerprint density at radius 3 is 2.39 bits per heavy atom. The average molecular weight is 246 g/mol. The first kappa shape index (κ1) is 13.1. The molecular formula is C15H22N2O. The van der Waals surface area contributed by atoms with Crippen LogP contribution in [0.2, 0.25) is 0 Å². The van der Waals surface area contributed by atoms with Crippen molar-refractivity contribution in [3.63, 3.8) is 0 Å². The van der Waals surface area contributed by atoms with Crippen LogP contribution in [-0.2, 0) is 11.2 Å². The van der Waals surface area contributed by atoms with Crippen LogP contribution in [0.4, 0.5) is 0 Å². The van der Waals surface area contributed by atoms with Gasteiger partial charge in [0.2, 0.25) is 5.91 Å². The van der Waals surface area contributed by atoms with Crippen molar-refractivity contribution < 1.29 is 4.79 Å². The second-order valence-corrected chi connectivity index (χ2v) is 5.17. The molecule has 0 aliphatic carbocycles. The highest BCUT2D eigenvalue weighted by atomic mass is 16.2. The second-order valence-electron chi connectivity index (χ2n) is 5.17. The Morgan fingerprint density at radius 1 is 1.11 bits per heavy atom. The van der Waals surface area contributed by atoms with Gasteiger partial charge in [0, 0.05) is 26.2 Å². The van der Waals surface area contributed by atoms with Gasteiger partial charge in [-0.25, -0.2) is 0 Å². The van der Waals surface area contributed by atoms with Crippen LogP contribution >= 0.6 is 0 Å². The molecule has 1 aliphatic heterocycles. The number of rotatable bonds is 2. The third-order valence-electron chi connectivity index (χ3n) is 3.76. The normalized spacial score (nSPS) is 15.8. The van der Waals surface area contributed by atoms with Gasteiger partial charge in [0.1, 0.15) is 0 Å². The van der Waals surface area contributed by atoms with Crippen molar-refractivity contribution in [1.82, 2.24) is 10.2 Å². The van der Waals surface area contributed by atoms with Crippen molar-refractivity contribution >= 4 is 5.91 Å². The molecule has 18 heavy (non-hydrogen) atoms. The van der Waals surface area contributed by atoms with Gasteiger partial charge in [-0.3, -0.25) is 4.79 Å². The third-order valence-corrected chi connectivity index (χ3v) is 3.76. The number of carbonyl (C=O) groups is 1. The number of hydrogen-bond donors (Lipinski definition) is 1. The lowest BCUT2D eigenvalue weighted by Crippen LogP contribution is -2.47. The van der Waals surface area contributed by atoms with Crippen molar-refractivity contribution in [3.8, 4) is 0 Å². The van der Waals surface area contributed by atoms with Crippen molar-refractivity contribution in [2.45, 2.75) is 27.2 Å². The van der Waals surface area contributed by atoms with Gasteiger partial charge in [0.15, 0.2) is 0 Å². The summed E-state index contributed by atoms with van der Waals surface area (Å²) in [5.74, 6) is 0.253. The van der Waals surface area contributed by atoms with Crippen LogP contribution in [0.5, 0.6) is 0 Å². The van der Waals surface area contributed by atoms with Crippen LogP contribution < -0.4 is 5.32 Å². The fraction of sp³-hybridized carbons (Fsp3) is 0.533. The van der Waals surface area contributed by atoms with E-state index in [0.29, 0.717) is 6.42 Å². The number of piperazine rings is 1. The predicted molar refractivity (Wildman–Crippen MR) is 73.8 cm³/mol. The fourth-order valence-electron chi connectivity index (χ4n) is 2.40. The summed E-state index contributed by atoms with van der Waals surface area (Å²) in [6.07, 6.45) is 0.535. The molecule has 0 bridgehead atoms. The third kappa shape index (κ3) is 2.91. The number of nitrogens with one attached hydrogen (secondary N) is 1. The molecule has 2 rings (SSSR count). The molecule has 0 saturated carbocycles. The molecule has 3 nitrogen and oxygen atoms in total. The van der Waals surface area contributed by atoms with E-state index >= 15 is 0 Å².